The van der Waals surface area contributed by atoms with Crippen LogP contribution in [0.2, 0.25) is 0 Å². The lowest BCUT2D eigenvalue weighted by Gasteiger charge is -2.32. The Morgan fingerprint density at radius 2 is 2.36 bits per heavy atom. The van der Waals surface area contributed by atoms with Gasteiger partial charge in [0.05, 0.1) is 24.4 Å². The van der Waals surface area contributed by atoms with Gasteiger partial charge in [0, 0.05) is 30.6 Å². The van der Waals surface area contributed by atoms with E-state index >= 15 is 0 Å². The Bertz CT molecular complexity index is 611. The third-order valence-corrected chi connectivity index (χ3v) is 4.77. The third-order valence-electron chi connectivity index (χ3n) is 3.55. The number of piperidine rings is 1. The van der Waals surface area contributed by atoms with Gasteiger partial charge in [0.15, 0.2) is 0 Å². The molecular formula is C14H17BrN4O2S. The molecule has 0 N–H and O–H groups in total. The first kappa shape index (κ1) is 15.5. The molecule has 2 aromatic rings. The molecular weight excluding hydrogens is 368 g/mol. The molecule has 1 fully saturated rings. The van der Waals surface area contributed by atoms with Gasteiger partial charge in [-0.3, -0.25) is 0 Å². The molecule has 0 aromatic carbocycles. The lowest BCUT2D eigenvalue weighted by Crippen LogP contribution is -2.38. The van der Waals surface area contributed by atoms with Crippen LogP contribution < -0.4 is 14.4 Å². The summed E-state index contributed by atoms with van der Waals surface area (Å²) < 4.78 is 11.7. The topological polar surface area (TPSA) is 60.4 Å². The highest BCUT2D eigenvalue weighted by molar-refractivity contribution is 9.10. The van der Waals surface area contributed by atoms with Crippen LogP contribution in [0.4, 0.5) is 5.95 Å². The van der Waals surface area contributed by atoms with E-state index in [-0.39, 0.29) is 0 Å². The average molecular weight is 385 g/mol. The normalized spacial score (nSPS) is 18.3. The first-order chi connectivity index (χ1) is 10.8. The largest absolute Gasteiger partial charge is 0.480 e. The first-order valence-electron chi connectivity index (χ1n) is 7.10. The smallest absolute Gasteiger partial charge is 0.273 e. The van der Waals surface area contributed by atoms with E-state index in [0.717, 1.165) is 35.6 Å². The summed E-state index contributed by atoms with van der Waals surface area (Å²) in [4.78, 5) is 15.2. The number of hydrogen-bond acceptors (Lipinski definition) is 7. The number of hydrogen-bond donors (Lipinski definition) is 0. The number of nitrogens with zero attached hydrogens (tertiary/aromatic N) is 4. The van der Waals surface area contributed by atoms with Gasteiger partial charge >= 0.3 is 0 Å². The molecule has 6 nitrogen and oxygen atoms in total. The van der Waals surface area contributed by atoms with Crippen LogP contribution in [0.1, 0.15) is 12.8 Å². The monoisotopic (exact) mass is 384 g/mol. The Labute approximate surface area is 141 Å². The fourth-order valence-electron chi connectivity index (χ4n) is 2.49. The molecule has 22 heavy (non-hydrogen) atoms. The highest BCUT2D eigenvalue weighted by Crippen LogP contribution is 2.26. The van der Waals surface area contributed by atoms with E-state index in [2.05, 4.69) is 35.8 Å². The zero-order valence-electron chi connectivity index (χ0n) is 12.2. The maximum absolute atomic E-state index is 5.74. The van der Waals surface area contributed by atoms with Gasteiger partial charge in [-0.15, -0.1) is 0 Å². The van der Waals surface area contributed by atoms with Gasteiger partial charge in [-0.25, -0.2) is 9.97 Å². The van der Waals surface area contributed by atoms with Crippen molar-refractivity contribution in [2.75, 3.05) is 31.7 Å². The fraction of sp³-hybridized carbons (Fsp3) is 0.500. The molecule has 0 amide bonds. The SMILES string of the molecule is COc1nc(N2CCCC(COc3nccs3)C2)ncc1Br. The van der Waals surface area contributed by atoms with Crippen LogP contribution in [0.25, 0.3) is 0 Å². The standard InChI is InChI=1S/C14H17BrN4O2S/c1-20-12-11(15)7-17-13(18-12)19-5-2-3-10(8-19)9-21-14-16-4-6-22-14/h4,6-7,10H,2-3,5,8-9H2,1H3. The molecule has 1 unspecified atom stereocenters. The number of rotatable bonds is 5. The Morgan fingerprint density at radius 3 is 3.14 bits per heavy atom. The molecule has 1 aliphatic heterocycles. The maximum Gasteiger partial charge on any atom is 0.273 e. The summed E-state index contributed by atoms with van der Waals surface area (Å²) in [5, 5.41) is 2.66. The second-order valence-electron chi connectivity index (χ2n) is 5.09. The van der Waals surface area contributed by atoms with Crippen molar-refractivity contribution in [3.8, 4) is 11.1 Å². The maximum atomic E-state index is 5.74. The zero-order valence-corrected chi connectivity index (χ0v) is 14.6. The van der Waals surface area contributed by atoms with Crippen LogP contribution in [0.15, 0.2) is 22.2 Å². The summed E-state index contributed by atoms with van der Waals surface area (Å²) in [6.07, 6.45) is 5.75. The third kappa shape index (κ3) is 3.67. The second-order valence-corrected chi connectivity index (χ2v) is 6.80. The Kier molecular flexibility index (Phi) is 5.09. The average Bonchev–Trinajstić information content (AvgIpc) is 3.07. The number of methoxy groups -OCH3 is 1. The minimum atomic E-state index is 0.455. The van der Waals surface area contributed by atoms with Gasteiger partial charge in [-0.2, -0.15) is 4.98 Å². The van der Waals surface area contributed by atoms with Crippen LogP contribution in [-0.4, -0.2) is 41.8 Å². The van der Waals surface area contributed by atoms with Crippen LogP contribution in [-0.2, 0) is 0 Å². The van der Waals surface area contributed by atoms with Crippen LogP contribution >= 0.6 is 27.3 Å². The van der Waals surface area contributed by atoms with Crippen molar-refractivity contribution in [2.45, 2.75) is 12.8 Å². The van der Waals surface area contributed by atoms with E-state index in [1.165, 1.54) is 11.3 Å². The highest BCUT2D eigenvalue weighted by atomic mass is 79.9. The number of aromatic nitrogens is 3. The summed E-state index contributed by atoms with van der Waals surface area (Å²) >= 11 is 4.90. The first-order valence-corrected chi connectivity index (χ1v) is 8.77. The summed E-state index contributed by atoms with van der Waals surface area (Å²) in [5.74, 6) is 1.72. The second kappa shape index (κ2) is 7.23. The number of halogens is 1. The summed E-state index contributed by atoms with van der Waals surface area (Å²) in [7, 11) is 1.61. The summed E-state index contributed by atoms with van der Waals surface area (Å²) in [6, 6.07) is 0. The molecule has 2 aromatic heterocycles. The van der Waals surface area contributed by atoms with E-state index in [1.807, 2.05) is 5.38 Å². The molecule has 0 bridgehead atoms. The van der Waals surface area contributed by atoms with Crippen molar-refractivity contribution in [2.24, 2.45) is 5.92 Å². The molecule has 0 aliphatic carbocycles. The lowest BCUT2D eigenvalue weighted by atomic mass is 9.99. The van der Waals surface area contributed by atoms with E-state index in [4.69, 9.17) is 9.47 Å². The predicted octanol–water partition coefficient (Wildman–Crippen LogP) is 3.00. The van der Waals surface area contributed by atoms with Gasteiger partial charge in [-0.1, -0.05) is 11.3 Å². The van der Waals surface area contributed by atoms with Gasteiger partial charge < -0.3 is 14.4 Å². The predicted molar refractivity (Wildman–Crippen MR) is 88.8 cm³/mol. The van der Waals surface area contributed by atoms with Crippen molar-refractivity contribution in [3.05, 3.63) is 22.2 Å². The van der Waals surface area contributed by atoms with Crippen LogP contribution in [0, 0.1) is 5.92 Å². The molecule has 8 heteroatoms. The molecule has 0 spiro atoms. The van der Waals surface area contributed by atoms with Crippen molar-refractivity contribution in [3.63, 3.8) is 0 Å². The molecule has 1 saturated heterocycles. The van der Waals surface area contributed by atoms with Crippen molar-refractivity contribution >= 4 is 33.2 Å². The van der Waals surface area contributed by atoms with E-state index < -0.39 is 0 Å². The fourth-order valence-corrected chi connectivity index (χ4v) is 3.34. The van der Waals surface area contributed by atoms with Crippen molar-refractivity contribution < 1.29 is 9.47 Å². The van der Waals surface area contributed by atoms with Gasteiger partial charge in [-0.05, 0) is 28.8 Å². The number of ether oxygens (including phenoxy) is 2. The van der Waals surface area contributed by atoms with Crippen molar-refractivity contribution in [1.29, 1.82) is 0 Å². The summed E-state index contributed by atoms with van der Waals surface area (Å²) in [6.45, 7) is 2.52. The molecule has 3 heterocycles. The van der Waals surface area contributed by atoms with Gasteiger partial charge in [0.1, 0.15) is 0 Å². The number of thiazole rings is 1. The van der Waals surface area contributed by atoms with Crippen LogP contribution in [0.3, 0.4) is 0 Å². The van der Waals surface area contributed by atoms with Crippen LogP contribution in [0.5, 0.6) is 11.1 Å². The zero-order chi connectivity index (χ0) is 15.4. The minimum Gasteiger partial charge on any atom is -0.480 e. The quantitative estimate of drug-likeness (QED) is 0.789. The molecule has 1 aliphatic rings. The molecule has 0 saturated carbocycles. The minimum absolute atomic E-state index is 0.455. The highest BCUT2D eigenvalue weighted by Gasteiger charge is 2.23. The van der Waals surface area contributed by atoms with Crippen molar-refractivity contribution in [1.82, 2.24) is 15.0 Å². The van der Waals surface area contributed by atoms with E-state index in [9.17, 15) is 0 Å². The van der Waals surface area contributed by atoms with Gasteiger partial charge in [0.2, 0.25) is 11.8 Å². The summed E-state index contributed by atoms with van der Waals surface area (Å²) in [5.41, 5.74) is 0. The molecule has 3 rings (SSSR count). The Balaban J connectivity index is 1.62. The molecule has 118 valence electrons. The Morgan fingerprint density at radius 1 is 1.45 bits per heavy atom. The number of anilines is 1. The molecule has 1 atom stereocenters. The van der Waals surface area contributed by atoms with E-state index in [0.29, 0.717) is 24.4 Å². The van der Waals surface area contributed by atoms with E-state index in [1.54, 1.807) is 19.5 Å². The Hall–Kier alpha value is -1.41. The molecule has 0 radical (unpaired) electrons. The van der Waals surface area contributed by atoms with Gasteiger partial charge in [0.25, 0.3) is 5.19 Å². The lowest BCUT2D eigenvalue weighted by molar-refractivity contribution is 0.227.